The van der Waals surface area contributed by atoms with E-state index in [1.54, 1.807) is 12.1 Å². The molecular formula is C15H14FNOS. The third-order valence-electron chi connectivity index (χ3n) is 2.75. The first-order valence-corrected chi connectivity index (χ1v) is 6.25. The largest absolute Gasteiger partial charge is 0.486 e. The Morgan fingerprint density at radius 1 is 1.26 bits per heavy atom. The second-order valence-electron chi connectivity index (χ2n) is 4.24. The van der Waals surface area contributed by atoms with Gasteiger partial charge in [-0.15, -0.1) is 0 Å². The molecule has 2 nitrogen and oxygen atoms in total. The van der Waals surface area contributed by atoms with Crippen LogP contribution in [0.3, 0.4) is 0 Å². The molecule has 2 rings (SSSR count). The van der Waals surface area contributed by atoms with Gasteiger partial charge in [0, 0.05) is 5.56 Å². The Morgan fingerprint density at radius 2 is 2.00 bits per heavy atom. The molecule has 2 aromatic rings. The van der Waals surface area contributed by atoms with Crippen molar-refractivity contribution in [3.05, 3.63) is 65.0 Å². The molecule has 0 aliphatic heterocycles. The highest BCUT2D eigenvalue weighted by Gasteiger charge is 2.07. The molecule has 98 valence electrons. The van der Waals surface area contributed by atoms with E-state index in [1.165, 1.54) is 6.07 Å². The standard InChI is InChI=1S/C15H14FNOS/c1-10-6-7-13(16)14(8-10)18-9-11-4-2-3-5-12(11)15(17)19/h2-8H,9H2,1H3,(H2,17,19). The second-order valence-corrected chi connectivity index (χ2v) is 4.68. The minimum Gasteiger partial charge on any atom is -0.486 e. The highest BCUT2D eigenvalue weighted by atomic mass is 32.1. The van der Waals surface area contributed by atoms with E-state index in [0.717, 1.165) is 16.7 Å². The zero-order valence-corrected chi connectivity index (χ0v) is 11.3. The quantitative estimate of drug-likeness (QED) is 0.869. The van der Waals surface area contributed by atoms with Crippen molar-refractivity contribution in [2.24, 2.45) is 5.73 Å². The summed E-state index contributed by atoms with van der Waals surface area (Å²) in [5.74, 6) is -0.142. The summed E-state index contributed by atoms with van der Waals surface area (Å²) in [6, 6.07) is 12.2. The van der Waals surface area contributed by atoms with Gasteiger partial charge >= 0.3 is 0 Å². The molecular weight excluding hydrogens is 261 g/mol. The van der Waals surface area contributed by atoms with Crippen molar-refractivity contribution in [1.29, 1.82) is 0 Å². The van der Waals surface area contributed by atoms with Crippen LogP contribution in [0.5, 0.6) is 5.75 Å². The number of ether oxygens (including phenoxy) is 1. The first kappa shape index (κ1) is 13.5. The van der Waals surface area contributed by atoms with Gasteiger partial charge in [-0.25, -0.2) is 4.39 Å². The van der Waals surface area contributed by atoms with E-state index >= 15 is 0 Å². The Labute approximate surface area is 117 Å². The van der Waals surface area contributed by atoms with E-state index < -0.39 is 0 Å². The molecule has 19 heavy (non-hydrogen) atoms. The molecule has 0 saturated heterocycles. The maximum absolute atomic E-state index is 13.6. The van der Waals surface area contributed by atoms with E-state index in [-0.39, 0.29) is 18.2 Å². The molecule has 0 bridgehead atoms. The van der Waals surface area contributed by atoms with Crippen LogP contribution in [0.4, 0.5) is 4.39 Å². The normalized spacial score (nSPS) is 10.2. The van der Waals surface area contributed by atoms with Crippen LogP contribution >= 0.6 is 12.2 Å². The monoisotopic (exact) mass is 275 g/mol. The van der Waals surface area contributed by atoms with Crippen LogP contribution in [0.2, 0.25) is 0 Å². The summed E-state index contributed by atoms with van der Waals surface area (Å²) in [5.41, 5.74) is 8.18. The Bertz CT molecular complexity index is 613. The van der Waals surface area contributed by atoms with Crippen molar-refractivity contribution in [1.82, 2.24) is 0 Å². The van der Waals surface area contributed by atoms with Gasteiger partial charge in [0.05, 0.1) is 0 Å². The molecule has 0 aliphatic rings. The van der Waals surface area contributed by atoms with E-state index in [2.05, 4.69) is 0 Å². The minimum atomic E-state index is -0.376. The van der Waals surface area contributed by atoms with Gasteiger partial charge in [0.15, 0.2) is 11.6 Å². The summed E-state index contributed by atoms with van der Waals surface area (Å²) in [4.78, 5) is 0.309. The highest BCUT2D eigenvalue weighted by Crippen LogP contribution is 2.20. The molecule has 0 atom stereocenters. The molecule has 0 aliphatic carbocycles. The fourth-order valence-corrected chi connectivity index (χ4v) is 1.96. The van der Waals surface area contributed by atoms with Crippen molar-refractivity contribution >= 4 is 17.2 Å². The van der Waals surface area contributed by atoms with Crippen LogP contribution in [0, 0.1) is 12.7 Å². The zero-order valence-electron chi connectivity index (χ0n) is 10.5. The summed E-state index contributed by atoms with van der Waals surface area (Å²) in [6.07, 6.45) is 0. The predicted molar refractivity (Wildman–Crippen MR) is 77.8 cm³/mol. The minimum absolute atomic E-state index is 0.230. The molecule has 4 heteroatoms. The molecule has 0 saturated carbocycles. The maximum Gasteiger partial charge on any atom is 0.165 e. The number of rotatable bonds is 4. The lowest BCUT2D eigenvalue weighted by molar-refractivity contribution is 0.290. The Hall–Kier alpha value is -1.94. The number of hydrogen-bond donors (Lipinski definition) is 1. The van der Waals surface area contributed by atoms with Crippen molar-refractivity contribution in [3.8, 4) is 5.75 Å². The lowest BCUT2D eigenvalue weighted by atomic mass is 10.1. The van der Waals surface area contributed by atoms with Gasteiger partial charge in [-0.3, -0.25) is 0 Å². The molecule has 0 unspecified atom stereocenters. The predicted octanol–water partition coefficient (Wildman–Crippen LogP) is 3.35. The molecule has 0 amide bonds. The van der Waals surface area contributed by atoms with Crippen LogP contribution in [0.25, 0.3) is 0 Å². The van der Waals surface area contributed by atoms with Crippen molar-refractivity contribution in [2.45, 2.75) is 13.5 Å². The van der Waals surface area contributed by atoms with Crippen LogP contribution in [-0.2, 0) is 6.61 Å². The van der Waals surface area contributed by atoms with E-state index in [9.17, 15) is 4.39 Å². The topological polar surface area (TPSA) is 35.2 Å². The van der Waals surface area contributed by atoms with Crippen molar-refractivity contribution < 1.29 is 9.13 Å². The van der Waals surface area contributed by atoms with Gasteiger partial charge in [0.1, 0.15) is 11.6 Å². The lowest BCUT2D eigenvalue weighted by Gasteiger charge is -2.11. The van der Waals surface area contributed by atoms with Crippen molar-refractivity contribution in [2.75, 3.05) is 0 Å². The molecule has 0 heterocycles. The average Bonchev–Trinajstić information content (AvgIpc) is 2.40. The van der Waals surface area contributed by atoms with Crippen LogP contribution < -0.4 is 10.5 Å². The summed E-state index contributed by atoms with van der Waals surface area (Å²) >= 11 is 4.98. The fourth-order valence-electron chi connectivity index (χ4n) is 1.76. The molecule has 0 fully saturated rings. The molecule has 2 N–H and O–H groups in total. The smallest absolute Gasteiger partial charge is 0.165 e. The number of thiocarbonyl (C=S) groups is 1. The highest BCUT2D eigenvalue weighted by molar-refractivity contribution is 7.80. The fraction of sp³-hybridized carbons (Fsp3) is 0.133. The van der Waals surface area contributed by atoms with Gasteiger partial charge in [-0.2, -0.15) is 0 Å². The SMILES string of the molecule is Cc1ccc(F)c(OCc2ccccc2C(N)=S)c1. The number of aryl methyl sites for hydroxylation is 1. The van der Waals surface area contributed by atoms with Gasteiger partial charge in [-0.1, -0.05) is 42.5 Å². The lowest BCUT2D eigenvalue weighted by Crippen LogP contribution is -2.13. The van der Waals surface area contributed by atoms with Crippen molar-refractivity contribution in [3.63, 3.8) is 0 Å². The number of benzene rings is 2. The van der Waals surface area contributed by atoms with Crippen LogP contribution in [0.15, 0.2) is 42.5 Å². The third-order valence-corrected chi connectivity index (χ3v) is 2.97. The number of nitrogens with two attached hydrogens (primary N) is 1. The van der Waals surface area contributed by atoms with E-state index in [1.807, 2.05) is 31.2 Å². The number of hydrogen-bond acceptors (Lipinski definition) is 2. The van der Waals surface area contributed by atoms with Crippen LogP contribution in [0.1, 0.15) is 16.7 Å². The van der Waals surface area contributed by atoms with Crippen LogP contribution in [-0.4, -0.2) is 4.99 Å². The first-order valence-electron chi connectivity index (χ1n) is 5.84. The molecule has 0 radical (unpaired) electrons. The van der Waals surface area contributed by atoms with Gasteiger partial charge in [0.25, 0.3) is 0 Å². The van der Waals surface area contributed by atoms with E-state index in [4.69, 9.17) is 22.7 Å². The van der Waals surface area contributed by atoms with Gasteiger partial charge in [-0.05, 0) is 30.2 Å². The Morgan fingerprint density at radius 3 is 2.74 bits per heavy atom. The first-order chi connectivity index (χ1) is 9.08. The third kappa shape index (κ3) is 3.29. The zero-order chi connectivity index (χ0) is 13.8. The average molecular weight is 275 g/mol. The Balaban J connectivity index is 2.19. The summed E-state index contributed by atoms with van der Waals surface area (Å²) in [6.45, 7) is 2.11. The maximum atomic E-state index is 13.6. The Kier molecular flexibility index (Phi) is 4.12. The summed E-state index contributed by atoms with van der Waals surface area (Å²) in [7, 11) is 0. The summed E-state index contributed by atoms with van der Waals surface area (Å²) in [5, 5.41) is 0. The van der Waals surface area contributed by atoms with E-state index in [0.29, 0.717) is 4.99 Å². The number of halogens is 1. The second kappa shape index (κ2) is 5.80. The molecule has 0 aromatic heterocycles. The summed E-state index contributed by atoms with van der Waals surface area (Å²) < 4.78 is 19.1. The van der Waals surface area contributed by atoms with Gasteiger partial charge in [0.2, 0.25) is 0 Å². The van der Waals surface area contributed by atoms with Gasteiger partial charge < -0.3 is 10.5 Å². The molecule has 2 aromatic carbocycles. The molecule has 0 spiro atoms.